The van der Waals surface area contributed by atoms with Crippen molar-refractivity contribution in [1.82, 2.24) is 0 Å². The molecule has 0 radical (unpaired) electrons. The molecule has 1 unspecified atom stereocenters. The molecule has 1 aliphatic rings. The molecule has 0 aliphatic heterocycles. The van der Waals surface area contributed by atoms with Crippen molar-refractivity contribution in [3.8, 4) is 23.0 Å². The number of halogens is 1. The highest BCUT2D eigenvalue weighted by Crippen LogP contribution is 2.44. The Bertz CT molecular complexity index is 2130. The van der Waals surface area contributed by atoms with Gasteiger partial charge in [-0.2, -0.15) is 0 Å². The van der Waals surface area contributed by atoms with E-state index in [-0.39, 0.29) is 61.6 Å². The van der Waals surface area contributed by atoms with Crippen LogP contribution in [-0.2, 0) is 14.3 Å². The Labute approximate surface area is 316 Å². The number of phenols is 1. The van der Waals surface area contributed by atoms with Crippen LogP contribution in [-0.4, -0.2) is 46.0 Å². The van der Waals surface area contributed by atoms with Crippen LogP contribution in [0, 0.1) is 68.2 Å². The number of carbonyl (C=O) groups excluding carboxylic acids is 4. The number of aromatic hydroxyl groups is 1. The molecule has 4 rings (SSSR count). The Morgan fingerprint density at radius 2 is 1.19 bits per heavy atom. The van der Waals surface area contributed by atoms with Gasteiger partial charge in [-0.1, -0.05) is 0 Å². The maximum atomic E-state index is 13.7. The zero-order valence-electron chi connectivity index (χ0n) is 31.8. The summed E-state index contributed by atoms with van der Waals surface area (Å²) >= 11 is 3.29. The van der Waals surface area contributed by atoms with E-state index < -0.39 is 35.5 Å². The number of carbonyl (C=O) groups is 5. The van der Waals surface area contributed by atoms with E-state index in [4.69, 9.17) is 18.9 Å². The summed E-state index contributed by atoms with van der Waals surface area (Å²) in [6.07, 6.45) is 2.26. The highest BCUT2D eigenvalue weighted by molar-refractivity contribution is 9.10. The van der Waals surface area contributed by atoms with Gasteiger partial charge in [0, 0.05) is 6.08 Å². The van der Waals surface area contributed by atoms with Crippen LogP contribution in [0.15, 0.2) is 34.0 Å². The maximum absolute atomic E-state index is 13.7. The van der Waals surface area contributed by atoms with Crippen molar-refractivity contribution < 1.29 is 53.1 Å². The van der Waals surface area contributed by atoms with Crippen molar-refractivity contribution in [3.05, 3.63) is 101 Å². The summed E-state index contributed by atoms with van der Waals surface area (Å²) in [6, 6.07) is 1.53. The van der Waals surface area contributed by atoms with Gasteiger partial charge in [0.05, 0.1) is 17.2 Å². The normalized spacial score (nSPS) is 14.1. The number of carboxylic acid groups (broad SMARTS) is 1. The first-order valence-electron chi connectivity index (χ1n) is 16.8. The molecular formula is C41H43BrO11. The molecule has 0 spiro atoms. The molecular weight excluding hydrogens is 748 g/mol. The number of rotatable bonds is 9. The molecule has 0 fully saturated rings. The quantitative estimate of drug-likeness (QED) is 0.158. The zero-order valence-corrected chi connectivity index (χ0v) is 33.4. The van der Waals surface area contributed by atoms with E-state index in [1.165, 1.54) is 18.2 Å². The van der Waals surface area contributed by atoms with E-state index in [1.807, 2.05) is 0 Å². The van der Waals surface area contributed by atoms with Gasteiger partial charge in [-0.15, -0.1) is 0 Å². The number of ketones is 1. The maximum Gasteiger partial charge on any atom is 0.347 e. The van der Waals surface area contributed by atoms with Gasteiger partial charge >= 0.3 is 23.9 Å². The number of aromatic carboxylic acids is 1. The van der Waals surface area contributed by atoms with Crippen molar-refractivity contribution in [1.29, 1.82) is 0 Å². The van der Waals surface area contributed by atoms with Gasteiger partial charge in [-0.05, 0) is 167 Å². The average molecular weight is 792 g/mol. The van der Waals surface area contributed by atoms with Gasteiger partial charge in [0.15, 0.2) is 11.5 Å². The summed E-state index contributed by atoms with van der Waals surface area (Å²) in [5, 5.41) is 21.0. The summed E-state index contributed by atoms with van der Waals surface area (Å²) in [6.45, 7) is 20.1. The molecule has 12 heteroatoms. The molecule has 1 aliphatic carbocycles. The fraction of sp³-hybridized carbons (Fsp3) is 0.341. The number of hydrogen-bond donors (Lipinski definition) is 2. The van der Waals surface area contributed by atoms with E-state index >= 15 is 0 Å². The van der Waals surface area contributed by atoms with Crippen LogP contribution in [0.25, 0.3) is 0 Å². The van der Waals surface area contributed by atoms with E-state index in [0.717, 1.165) is 0 Å². The molecule has 0 saturated heterocycles. The van der Waals surface area contributed by atoms with Crippen molar-refractivity contribution in [2.24, 2.45) is 5.92 Å². The minimum absolute atomic E-state index is 0.0191. The molecule has 3 aromatic rings. The highest BCUT2D eigenvalue weighted by Gasteiger charge is 2.35. The number of carboxylic acids is 1. The lowest BCUT2D eigenvalue weighted by Gasteiger charge is -2.25. The molecule has 0 amide bonds. The smallest absolute Gasteiger partial charge is 0.347 e. The largest absolute Gasteiger partial charge is 0.506 e. The molecule has 11 nitrogen and oxygen atoms in total. The first kappa shape index (κ1) is 40.5. The first-order valence-corrected chi connectivity index (χ1v) is 17.6. The number of hydrogen-bond acceptors (Lipinski definition) is 10. The van der Waals surface area contributed by atoms with Crippen LogP contribution < -0.4 is 14.2 Å². The van der Waals surface area contributed by atoms with Crippen LogP contribution in [0.3, 0.4) is 0 Å². The van der Waals surface area contributed by atoms with E-state index in [9.17, 15) is 34.2 Å². The van der Waals surface area contributed by atoms with Crippen LogP contribution >= 0.6 is 15.9 Å². The predicted octanol–water partition coefficient (Wildman–Crippen LogP) is 8.43. The fourth-order valence-electron chi connectivity index (χ4n) is 6.43. The van der Waals surface area contributed by atoms with Crippen LogP contribution in [0.5, 0.6) is 23.0 Å². The van der Waals surface area contributed by atoms with Crippen LogP contribution in [0.4, 0.5) is 0 Å². The summed E-state index contributed by atoms with van der Waals surface area (Å²) < 4.78 is 23.2. The topological polar surface area (TPSA) is 163 Å². The van der Waals surface area contributed by atoms with Gasteiger partial charge in [0.1, 0.15) is 39.0 Å². The summed E-state index contributed by atoms with van der Waals surface area (Å²) in [5.74, 6) is -4.63. The van der Waals surface area contributed by atoms with E-state index in [1.54, 1.807) is 83.1 Å². The monoisotopic (exact) mass is 790 g/mol. The minimum Gasteiger partial charge on any atom is -0.506 e. The number of ether oxygens (including phenoxy) is 4. The number of benzene rings is 3. The Hall–Kier alpha value is -5.23. The number of aryl methyl sites for hydroxylation is 1. The second-order valence-corrected chi connectivity index (χ2v) is 14.4. The highest BCUT2D eigenvalue weighted by atomic mass is 79.9. The summed E-state index contributed by atoms with van der Waals surface area (Å²) in [4.78, 5) is 64.9. The fourth-order valence-corrected chi connectivity index (χ4v) is 7.01. The number of allylic oxidation sites excluding steroid dienone is 2. The summed E-state index contributed by atoms with van der Waals surface area (Å²) in [7, 11) is 0. The lowest BCUT2D eigenvalue weighted by Crippen LogP contribution is -2.29. The molecule has 0 heterocycles. The Morgan fingerprint density at radius 3 is 1.74 bits per heavy atom. The van der Waals surface area contributed by atoms with Crippen LogP contribution in [0.2, 0.25) is 0 Å². The molecule has 280 valence electrons. The average Bonchev–Trinajstić information content (AvgIpc) is 3.05. The van der Waals surface area contributed by atoms with Gasteiger partial charge in [0.25, 0.3) is 0 Å². The van der Waals surface area contributed by atoms with Crippen LogP contribution in [0.1, 0.15) is 102 Å². The lowest BCUT2D eigenvalue weighted by atomic mass is 9.92. The van der Waals surface area contributed by atoms with Gasteiger partial charge in [-0.25, -0.2) is 14.4 Å². The molecule has 3 aromatic carbocycles. The third kappa shape index (κ3) is 7.64. The number of esters is 3. The third-order valence-electron chi connectivity index (χ3n) is 9.75. The molecule has 2 N–H and O–H groups in total. The Morgan fingerprint density at radius 1 is 0.679 bits per heavy atom. The Kier molecular flexibility index (Phi) is 11.8. The van der Waals surface area contributed by atoms with Crippen molar-refractivity contribution in [2.75, 3.05) is 0 Å². The Balaban J connectivity index is 1.64. The molecule has 0 bridgehead atoms. The molecule has 53 heavy (non-hydrogen) atoms. The second kappa shape index (κ2) is 15.4. The molecule has 1 atom stereocenters. The zero-order chi connectivity index (χ0) is 40.0. The van der Waals surface area contributed by atoms with Gasteiger partial charge in [0.2, 0.25) is 0 Å². The summed E-state index contributed by atoms with van der Waals surface area (Å²) in [5.41, 5.74) is 4.83. The number of phenolic OH excluding ortho intramolecular Hbond substituents is 1. The lowest BCUT2D eigenvalue weighted by molar-refractivity contribution is -0.138. The first-order chi connectivity index (χ1) is 24.6. The second-order valence-electron chi connectivity index (χ2n) is 13.6. The third-order valence-corrected chi connectivity index (χ3v) is 10.5. The van der Waals surface area contributed by atoms with Gasteiger partial charge in [-0.3, -0.25) is 9.59 Å². The molecule has 0 saturated carbocycles. The van der Waals surface area contributed by atoms with Crippen molar-refractivity contribution >= 4 is 45.6 Å². The van der Waals surface area contributed by atoms with E-state index in [0.29, 0.717) is 50.1 Å². The minimum atomic E-state index is -1.06. The van der Waals surface area contributed by atoms with Gasteiger partial charge < -0.3 is 29.2 Å². The van der Waals surface area contributed by atoms with Crippen molar-refractivity contribution in [2.45, 2.75) is 89.2 Å². The predicted molar refractivity (Wildman–Crippen MR) is 200 cm³/mol. The molecule has 0 aromatic heterocycles. The SMILES string of the molecule is CC1=CC(=O)C=C(OC(C)C)C1C(=O)Oc1c(C)c(C)c(C(=O)Oc2cc(C)c(C(=O)Oc3c(C)c(C)c(C(=O)O)c(C)c3C)c(C)c2C)c(O)c1Br. The standard InChI is InChI=1S/C41H43BrO11/c1-16(2)50-29-15-27(43)13-17(3)31(29)40(48)53-37-26(12)23(9)33(35(44)34(37)42)41(49)51-28-14-18(4)30(20(6)19(28)5)39(47)52-36-24(10)21(7)32(38(45)46)22(8)25(36)11/h13-16,31,44H,1-12H3,(H,45,46). The van der Waals surface area contributed by atoms with Crippen molar-refractivity contribution in [3.63, 3.8) is 0 Å². The van der Waals surface area contributed by atoms with E-state index in [2.05, 4.69) is 15.9 Å².